The standard InChI is InChI=1S/C20H20BrN5O4/c1-29-16-6-2-13(3-7-16)11-26-19(22)18(24-25-26)20(28)23-8-9-30-17-10-15(21)5-4-14(17)12-27/h2-7,10,12H,8-9,11,22H2,1H3,(H,23,28). The number of ether oxygens (including phenoxy) is 2. The minimum Gasteiger partial charge on any atom is -0.497 e. The van der Waals surface area contributed by atoms with Gasteiger partial charge in [-0.3, -0.25) is 9.59 Å². The zero-order chi connectivity index (χ0) is 21.5. The number of hydrogen-bond acceptors (Lipinski definition) is 7. The summed E-state index contributed by atoms with van der Waals surface area (Å²) in [6.45, 7) is 0.744. The molecule has 9 nitrogen and oxygen atoms in total. The van der Waals surface area contributed by atoms with Gasteiger partial charge in [-0.25, -0.2) is 4.68 Å². The van der Waals surface area contributed by atoms with Crippen LogP contribution < -0.4 is 20.5 Å². The van der Waals surface area contributed by atoms with Gasteiger partial charge in [-0.15, -0.1) is 5.10 Å². The second kappa shape index (κ2) is 9.88. The number of amides is 1. The van der Waals surface area contributed by atoms with Crippen LogP contribution in [-0.4, -0.2) is 47.4 Å². The van der Waals surface area contributed by atoms with Crippen molar-refractivity contribution in [3.8, 4) is 11.5 Å². The molecule has 0 saturated heterocycles. The summed E-state index contributed by atoms with van der Waals surface area (Å²) in [7, 11) is 1.60. The molecule has 156 valence electrons. The Balaban J connectivity index is 1.54. The number of aromatic nitrogens is 3. The number of aldehydes is 1. The highest BCUT2D eigenvalue weighted by Crippen LogP contribution is 2.22. The fourth-order valence-electron chi connectivity index (χ4n) is 2.64. The normalized spacial score (nSPS) is 10.5. The molecular formula is C20H20BrN5O4. The highest BCUT2D eigenvalue weighted by molar-refractivity contribution is 9.10. The number of nitrogen functional groups attached to an aromatic ring is 1. The number of nitrogens with two attached hydrogens (primary N) is 1. The molecule has 0 bridgehead atoms. The van der Waals surface area contributed by atoms with Crippen molar-refractivity contribution in [1.82, 2.24) is 20.3 Å². The Morgan fingerprint density at radius 1 is 1.27 bits per heavy atom. The molecule has 0 aliphatic rings. The van der Waals surface area contributed by atoms with E-state index < -0.39 is 5.91 Å². The number of benzene rings is 2. The molecule has 3 rings (SSSR count). The fourth-order valence-corrected chi connectivity index (χ4v) is 2.98. The van der Waals surface area contributed by atoms with Gasteiger partial charge in [0.1, 0.15) is 18.1 Å². The first kappa shape index (κ1) is 21.3. The summed E-state index contributed by atoms with van der Waals surface area (Å²) in [4.78, 5) is 23.4. The van der Waals surface area contributed by atoms with Gasteiger partial charge in [-0.1, -0.05) is 33.3 Å². The first-order valence-corrected chi connectivity index (χ1v) is 9.78. The number of methoxy groups -OCH3 is 1. The van der Waals surface area contributed by atoms with Crippen LogP contribution in [0.2, 0.25) is 0 Å². The Morgan fingerprint density at radius 2 is 2.03 bits per heavy atom. The number of halogens is 1. The van der Waals surface area contributed by atoms with E-state index in [0.29, 0.717) is 24.1 Å². The maximum atomic E-state index is 12.4. The van der Waals surface area contributed by atoms with E-state index in [9.17, 15) is 9.59 Å². The van der Waals surface area contributed by atoms with Crippen molar-refractivity contribution in [1.29, 1.82) is 0 Å². The number of carbonyl (C=O) groups is 2. The summed E-state index contributed by atoms with van der Waals surface area (Å²) in [5.74, 6) is 0.885. The molecule has 1 aromatic heterocycles. The maximum absolute atomic E-state index is 12.4. The molecule has 30 heavy (non-hydrogen) atoms. The van der Waals surface area contributed by atoms with Crippen molar-refractivity contribution >= 4 is 33.9 Å². The number of hydrogen-bond donors (Lipinski definition) is 2. The number of carbonyl (C=O) groups excluding carboxylic acids is 2. The van der Waals surface area contributed by atoms with Crippen LogP contribution in [0.4, 0.5) is 5.82 Å². The van der Waals surface area contributed by atoms with Crippen molar-refractivity contribution in [2.45, 2.75) is 6.54 Å². The van der Waals surface area contributed by atoms with Gasteiger partial charge >= 0.3 is 0 Å². The first-order valence-electron chi connectivity index (χ1n) is 8.99. The monoisotopic (exact) mass is 473 g/mol. The molecule has 2 aromatic carbocycles. The number of nitrogens with one attached hydrogen (secondary N) is 1. The van der Waals surface area contributed by atoms with Gasteiger partial charge in [0.25, 0.3) is 5.91 Å². The Labute approximate surface area is 181 Å². The van der Waals surface area contributed by atoms with Crippen LogP contribution in [0.5, 0.6) is 11.5 Å². The molecule has 0 aliphatic heterocycles. The number of anilines is 1. The lowest BCUT2D eigenvalue weighted by atomic mass is 10.2. The van der Waals surface area contributed by atoms with E-state index in [-0.39, 0.29) is 24.7 Å². The smallest absolute Gasteiger partial charge is 0.275 e. The topological polar surface area (TPSA) is 121 Å². The van der Waals surface area contributed by atoms with Crippen molar-refractivity contribution in [2.75, 3.05) is 26.0 Å². The number of nitrogens with zero attached hydrogens (tertiary/aromatic N) is 3. The van der Waals surface area contributed by atoms with Gasteiger partial charge in [0, 0.05) is 4.47 Å². The van der Waals surface area contributed by atoms with Crippen LogP contribution in [0.1, 0.15) is 26.4 Å². The number of rotatable bonds is 9. The third kappa shape index (κ3) is 5.15. The van der Waals surface area contributed by atoms with Gasteiger partial charge in [-0.2, -0.15) is 0 Å². The van der Waals surface area contributed by atoms with E-state index in [1.54, 1.807) is 25.3 Å². The molecule has 1 heterocycles. The predicted octanol–water partition coefficient (Wildman–Crippen LogP) is 2.30. The molecule has 3 aromatic rings. The lowest BCUT2D eigenvalue weighted by molar-refractivity contribution is 0.0941. The molecule has 0 aliphatic carbocycles. The molecule has 0 saturated carbocycles. The zero-order valence-electron chi connectivity index (χ0n) is 16.2. The Bertz CT molecular complexity index is 1040. The van der Waals surface area contributed by atoms with Crippen LogP contribution in [0.3, 0.4) is 0 Å². The van der Waals surface area contributed by atoms with Gasteiger partial charge in [0.2, 0.25) is 0 Å². The first-order chi connectivity index (χ1) is 14.5. The average Bonchev–Trinajstić information content (AvgIpc) is 3.12. The van der Waals surface area contributed by atoms with Crippen molar-refractivity contribution in [3.63, 3.8) is 0 Å². The Morgan fingerprint density at radius 3 is 2.73 bits per heavy atom. The molecular weight excluding hydrogens is 454 g/mol. The summed E-state index contributed by atoms with van der Waals surface area (Å²) in [5, 5.41) is 10.5. The van der Waals surface area contributed by atoms with Gasteiger partial charge in [-0.05, 0) is 35.9 Å². The Hall–Kier alpha value is -3.40. The van der Waals surface area contributed by atoms with Crippen molar-refractivity contribution in [2.24, 2.45) is 0 Å². The highest BCUT2D eigenvalue weighted by atomic mass is 79.9. The van der Waals surface area contributed by atoms with Crippen LogP contribution in [-0.2, 0) is 6.54 Å². The van der Waals surface area contributed by atoms with E-state index in [0.717, 1.165) is 15.8 Å². The summed E-state index contributed by atoms with van der Waals surface area (Å²) in [6.07, 6.45) is 0.710. The molecule has 10 heteroatoms. The van der Waals surface area contributed by atoms with E-state index in [1.165, 1.54) is 4.68 Å². The third-order valence-corrected chi connectivity index (χ3v) is 4.72. The minimum absolute atomic E-state index is 0.0412. The quantitative estimate of drug-likeness (QED) is 0.361. The fraction of sp³-hybridized carbons (Fsp3) is 0.200. The van der Waals surface area contributed by atoms with Crippen LogP contribution >= 0.6 is 15.9 Å². The SMILES string of the molecule is COc1ccc(Cn2nnc(C(=O)NCCOc3cc(Br)ccc3C=O)c2N)cc1. The molecule has 0 fully saturated rings. The molecule has 1 amide bonds. The minimum atomic E-state index is -0.457. The third-order valence-electron chi connectivity index (χ3n) is 4.23. The van der Waals surface area contributed by atoms with Gasteiger partial charge < -0.3 is 20.5 Å². The summed E-state index contributed by atoms with van der Waals surface area (Å²) < 4.78 is 12.9. The average molecular weight is 474 g/mol. The van der Waals surface area contributed by atoms with Crippen LogP contribution in [0, 0.1) is 0 Å². The summed E-state index contributed by atoms with van der Waals surface area (Å²) in [5.41, 5.74) is 7.44. The second-order valence-electron chi connectivity index (χ2n) is 6.23. The van der Waals surface area contributed by atoms with Gasteiger partial charge in [0.05, 0.1) is 25.8 Å². The van der Waals surface area contributed by atoms with Crippen LogP contribution in [0.15, 0.2) is 46.9 Å². The molecule has 3 N–H and O–H groups in total. The van der Waals surface area contributed by atoms with E-state index >= 15 is 0 Å². The van der Waals surface area contributed by atoms with E-state index in [1.807, 2.05) is 24.3 Å². The van der Waals surface area contributed by atoms with E-state index in [4.69, 9.17) is 15.2 Å². The lowest BCUT2D eigenvalue weighted by Crippen LogP contribution is -2.29. The van der Waals surface area contributed by atoms with E-state index in [2.05, 4.69) is 31.6 Å². The molecule has 0 unspecified atom stereocenters. The maximum Gasteiger partial charge on any atom is 0.275 e. The lowest BCUT2D eigenvalue weighted by Gasteiger charge is -2.09. The largest absolute Gasteiger partial charge is 0.497 e. The summed E-state index contributed by atoms with van der Waals surface area (Å²) >= 11 is 3.33. The molecule has 0 spiro atoms. The molecule has 0 radical (unpaired) electrons. The highest BCUT2D eigenvalue weighted by Gasteiger charge is 2.17. The zero-order valence-corrected chi connectivity index (χ0v) is 17.8. The Kier molecular flexibility index (Phi) is 7.02. The summed E-state index contributed by atoms with van der Waals surface area (Å²) in [6, 6.07) is 12.5. The second-order valence-corrected chi connectivity index (χ2v) is 7.15. The van der Waals surface area contributed by atoms with Crippen molar-refractivity contribution < 1.29 is 19.1 Å². The van der Waals surface area contributed by atoms with Gasteiger partial charge in [0.15, 0.2) is 17.8 Å². The predicted molar refractivity (Wildman–Crippen MR) is 114 cm³/mol. The molecule has 0 atom stereocenters. The van der Waals surface area contributed by atoms with Crippen LogP contribution in [0.25, 0.3) is 0 Å². The van der Waals surface area contributed by atoms with Crippen molar-refractivity contribution in [3.05, 3.63) is 63.8 Å².